The van der Waals surface area contributed by atoms with Gasteiger partial charge < -0.3 is 8.85 Å². The lowest BCUT2D eigenvalue weighted by atomic mass is 10.2. The molecule has 0 atom stereocenters. The first kappa shape index (κ1) is 30.0. The van der Waals surface area contributed by atoms with Crippen molar-refractivity contribution in [2.45, 2.75) is 50.3 Å². The zero-order valence-corrected chi connectivity index (χ0v) is 22.9. The lowest BCUT2D eigenvalue weighted by Crippen LogP contribution is -2.54. The number of carbonyl (C=O) groups is 4. The molecular formula is C22H24O12S2Si. The van der Waals surface area contributed by atoms with Crippen molar-refractivity contribution in [3.8, 4) is 0 Å². The Morgan fingerprint density at radius 3 is 1.19 bits per heavy atom. The summed E-state index contributed by atoms with van der Waals surface area (Å²) in [6.45, 7) is 5.33. The van der Waals surface area contributed by atoms with Gasteiger partial charge in [-0.2, -0.15) is 16.8 Å². The van der Waals surface area contributed by atoms with Crippen molar-refractivity contribution >= 4 is 52.8 Å². The highest BCUT2D eigenvalue weighted by molar-refractivity contribution is 7.89. The summed E-state index contributed by atoms with van der Waals surface area (Å²) >= 11 is 0. The number of Topliss-reactive ketones (excluding diaryl/α,β-unsaturated/α-hetero) is 2. The lowest BCUT2D eigenvalue weighted by Gasteiger charge is -2.25. The van der Waals surface area contributed by atoms with Gasteiger partial charge in [-0.05, 0) is 52.0 Å². The largest absolute Gasteiger partial charge is 0.855 e. The molecule has 0 spiro atoms. The van der Waals surface area contributed by atoms with Gasteiger partial charge in [-0.25, -0.2) is 7.74 Å². The summed E-state index contributed by atoms with van der Waals surface area (Å²) in [6.07, 6.45) is -1.91. The molecule has 15 heteroatoms. The van der Waals surface area contributed by atoms with Crippen molar-refractivity contribution in [2.75, 3.05) is 0 Å². The van der Waals surface area contributed by atoms with Crippen molar-refractivity contribution in [3.05, 3.63) is 59.7 Å². The number of hydrogen-bond acceptors (Lipinski definition) is 12. The Labute approximate surface area is 215 Å². The average Bonchev–Trinajstić information content (AvgIpc) is 2.72. The van der Waals surface area contributed by atoms with Gasteiger partial charge in [0.2, 0.25) is 0 Å². The van der Waals surface area contributed by atoms with Crippen LogP contribution in [0.4, 0.5) is 0 Å². The van der Waals surface area contributed by atoms with Crippen LogP contribution in [0.3, 0.4) is 0 Å². The van der Waals surface area contributed by atoms with E-state index >= 15 is 0 Å². The fourth-order valence-electron chi connectivity index (χ4n) is 2.64. The summed E-state index contributed by atoms with van der Waals surface area (Å²) in [5.41, 5.74) is 1.34. The van der Waals surface area contributed by atoms with E-state index in [-0.39, 0.29) is 0 Å². The highest BCUT2D eigenvalue weighted by Crippen LogP contribution is 2.27. The SMILES string of the molecule is CC(=O)CC(=O)O[Si](OC(=O)CC(C)=O)(OS(=O)(=O)c1ccc(C)cc1)OS(=O)(=O)c1ccc(C)cc1. The van der Waals surface area contributed by atoms with Gasteiger partial charge in [-0.1, -0.05) is 35.4 Å². The minimum absolute atomic E-state index is 0.517. The Morgan fingerprint density at radius 2 is 0.919 bits per heavy atom. The fourth-order valence-corrected chi connectivity index (χ4v) is 8.14. The predicted molar refractivity (Wildman–Crippen MR) is 127 cm³/mol. The molecule has 0 aliphatic heterocycles. The summed E-state index contributed by atoms with van der Waals surface area (Å²) in [7, 11) is -15.9. The van der Waals surface area contributed by atoms with Crippen molar-refractivity contribution in [1.82, 2.24) is 0 Å². The molecule has 2 aromatic carbocycles. The van der Waals surface area contributed by atoms with Gasteiger partial charge in [0, 0.05) is 0 Å². The van der Waals surface area contributed by atoms with E-state index in [1.807, 2.05) is 0 Å². The van der Waals surface area contributed by atoms with E-state index < -0.39 is 75.4 Å². The number of ketones is 2. The highest BCUT2D eigenvalue weighted by Gasteiger charge is 2.62. The molecule has 0 aliphatic rings. The first-order valence-corrected chi connectivity index (χ1v) is 15.0. The summed E-state index contributed by atoms with van der Waals surface area (Å²) in [5, 5.41) is 0. The molecule has 0 fully saturated rings. The van der Waals surface area contributed by atoms with Crippen LogP contribution >= 0.6 is 0 Å². The van der Waals surface area contributed by atoms with Crippen LogP contribution in [0.5, 0.6) is 0 Å². The van der Waals surface area contributed by atoms with Crippen LogP contribution < -0.4 is 0 Å². The molecular weight excluding hydrogens is 548 g/mol. The number of aryl methyl sites for hydroxylation is 2. The molecule has 200 valence electrons. The summed E-state index contributed by atoms with van der Waals surface area (Å²) in [4.78, 5) is 46.6. The number of benzene rings is 2. The molecule has 0 heterocycles. The Kier molecular flexibility index (Phi) is 9.62. The van der Waals surface area contributed by atoms with E-state index in [1.165, 1.54) is 24.3 Å². The molecule has 0 aromatic heterocycles. The maximum absolute atomic E-state index is 13.1. The van der Waals surface area contributed by atoms with Crippen LogP contribution in [0.15, 0.2) is 58.3 Å². The fraction of sp³-hybridized carbons (Fsp3) is 0.273. The molecule has 2 aromatic rings. The first-order valence-electron chi connectivity index (χ1n) is 10.5. The molecule has 0 amide bonds. The second kappa shape index (κ2) is 11.9. The molecule has 0 aliphatic carbocycles. The lowest BCUT2D eigenvalue weighted by molar-refractivity contribution is -0.148. The Hall–Kier alpha value is -3.24. The van der Waals surface area contributed by atoms with Gasteiger partial charge in [-0.15, -0.1) is 0 Å². The molecule has 0 saturated carbocycles. The van der Waals surface area contributed by atoms with Gasteiger partial charge in [0.15, 0.2) is 0 Å². The van der Waals surface area contributed by atoms with Crippen LogP contribution in [-0.4, -0.2) is 49.4 Å². The molecule has 0 unspecified atom stereocenters. The maximum atomic E-state index is 13.1. The van der Waals surface area contributed by atoms with Crippen LogP contribution in [0.1, 0.15) is 37.8 Å². The maximum Gasteiger partial charge on any atom is 0.855 e. The second-order valence-electron chi connectivity index (χ2n) is 7.91. The number of rotatable bonds is 12. The summed E-state index contributed by atoms with van der Waals surface area (Å²) in [5.74, 6) is -4.47. The Bertz CT molecular complexity index is 1290. The Balaban J connectivity index is 2.67. The molecule has 12 nitrogen and oxygen atoms in total. The third kappa shape index (κ3) is 8.98. The third-order valence-electron chi connectivity index (χ3n) is 4.31. The Morgan fingerprint density at radius 1 is 0.622 bits per heavy atom. The van der Waals surface area contributed by atoms with Gasteiger partial charge in [0.25, 0.3) is 20.2 Å². The molecule has 0 N–H and O–H groups in total. The van der Waals surface area contributed by atoms with Crippen LogP contribution in [0, 0.1) is 13.8 Å². The van der Waals surface area contributed by atoms with Gasteiger partial charge >= 0.3 is 21.0 Å². The molecule has 37 heavy (non-hydrogen) atoms. The number of hydrogen-bond donors (Lipinski definition) is 0. The van der Waals surface area contributed by atoms with E-state index in [0.717, 1.165) is 38.1 Å². The van der Waals surface area contributed by atoms with Gasteiger partial charge in [0.05, 0.1) is 9.79 Å². The van der Waals surface area contributed by atoms with Crippen molar-refractivity contribution < 1.29 is 52.6 Å². The smallest absolute Gasteiger partial charge is 0.441 e. The molecule has 0 radical (unpaired) electrons. The standard InChI is InChI=1S/C22H24O12S2Si/c1-15-5-9-19(10-6-15)35(27,28)33-37(31-21(25)13-17(3)23,32-22(26)14-18(4)24)34-36(29,30)20-11-7-16(2)8-12-20/h5-12H,13-14H2,1-4H3. The molecule has 0 bridgehead atoms. The highest BCUT2D eigenvalue weighted by atomic mass is 32.2. The topological polar surface area (TPSA) is 173 Å². The average molecular weight is 573 g/mol. The predicted octanol–water partition coefficient (Wildman–Crippen LogP) is 1.89. The van der Waals surface area contributed by atoms with Gasteiger partial charge in [0.1, 0.15) is 24.4 Å². The van der Waals surface area contributed by atoms with Gasteiger partial charge in [-0.3, -0.25) is 19.2 Å². The van der Waals surface area contributed by atoms with Crippen LogP contribution in [0.2, 0.25) is 0 Å². The summed E-state index contributed by atoms with van der Waals surface area (Å²) < 4.78 is 71.9. The quantitative estimate of drug-likeness (QED) is 0.267. The van der Waals surface area contributed by atoms with E-state index in [1.54, 1.807) is 13.8 Å². The van der Waals surface area contributed by atoms with Crippen LogP contribution in [-0.2, 0) is 56.0 Å². The minimum atomic E-state index is -5.90. The summed E-state index contributed by atoms with van der Waals surface area (Å²) in [6, 6.07) is 10.00. The van der Waals surface area contributed by atoms with E-state index in [0.29, 0.717) is 11.1 Å². The first-order chi connectivity index (χ1) is 17.0. The van der Waals surface area contributed by atoms with E-state index in [9.17, 15) is 36.0 Å². The van der Waals surface area contributed by atoms with Crippen molar-refractivity contribution in [1.29, 1.82) is 0 Å². The molecule has 2 rings (SSSR count). The zero-order valence-electron chi connectivity index (χ0n) is 20.2. The molecule has 0 saturated heterocycles. The van der Waals surface area contributed by atoms with Crippen molar-refractivity contribution in [3.63, 3.8) is 0 Å². The third-order valence-corrected chi connectivity index (χ3v) is 10.3. The van der Waals surface area contributed by atoms with E-state index in [2.05, 4.69) is 0 Å². The second-order valence-corrected chi connectivity index (χ2v) is 13.4. The van der Waals surface area contributed by atoms with Crippen molar-refractivity contribution in [2.24, 2.45) is 0 Å². The minimum Gasteiger partial charge on any atom is -0.441 e. The number of carbonyl (C=O) groups excluding carboxylic acids is 4. The monoisotopic (exact) mass is 572 g/mol. The normalized spacial score (nSPS) is 12.0. The van der Waals surface area contributed by atoms with E-state index in [4.69, 9.17) is 16.6 Å². The van der Waals surface area contributed by atoms with Crippen LogP contribution in [0.25, 0.3) is 0 Å². The zero-order chi connectivity index (χ0) is 28.0.